The van der Waals surface area contributed by atoms with Gasteiger partial charge in [0.15, 0.2) is 0 Å². The highest BCUT2D eigenvalue weighted by molar-refractivity contribution is 6.31. The number of halogens is 1. The lowest BCUT2D eigenvalue weighted by Crippen LogP contribution is -2.35. The molecular formula is C12H13ClN2O3. The van der Waals surface area contributed by atoms with Crippen molar-refractivity contribution < 1.29 is 14.3 Å². The van der Waals surface area contributed by atoms with Gasteiger partial charge in [0.1, 0.15) is 5.75 Å². The first-order valence-corrected chi connectivity index (χ1v) is 5.93. The molecule has 1 fully saturated rings. The number of hydrogen-bond donors (Lipinski definition) is 2. The normalized spacial score (nSPS) is 13.9. The molecule has 18 heavy (non-hydrogen) atoms. The topological polar surface area (TPSA) is 67.4 Å². The van der Waals surface area contributed by atoms with Crippen LogP contribution < -0.4 is 15.4 Å². The summed E-state index contributed by atoms with van der Waals surface area (Å²) in [7, 11) is 1.49. The lowest BCUT2D eigenvalue weighted by atomic mass is 10.3. The molecule has 2 N–H and O–H groups in total. The molecule has 0 bridgehead atoms. The van der Waals surface area contributed by atoms with Crippen LogP contribution in [0, 0.1) is 5.92 Å². The van der Waals surface area contributed by atoms with Crippen molar-refractivity contribution in [1.82, 2.24) is 5.32 Å². The third-order valence-corrected chi connectivity index (χ3v) is 2.83. The molecule has 1 aromatic carbocycles. The van der Waals surface area contributed by atoms with Gasteiger partial charge in [0.25, 0.3) is 0 Å². The largest absolute Gasteiger partial charge is 0.495 e. The van der Waals surface area contributed by atoms with E-state index in [1.807, 2.05) is 0 Å². The standard InChI is InChI=1S/C12H13ClN2O3/c1-18-10-5-4-8(13)6-9(10)14-12(17)15-11(16)7-2-3-7/h4-7H,2-3H2,1H3,(H2,14,15,16,17). The summed E-state index contributed by atoms with van der Waals surface area (Å²) in [5.41, 5.74) is 0.422. The van der Waals surface area contributed by atoms with Gasteiger partial charge in [0, 0.05) is 10.9 Å². The van der Waals surface area contributed by atoms with Gasteiger partial charge in [-0.1, -0.05) is 11.6 Å². The lowest BCUT2D eigenvalue weighted by Gasteiger charge is -2.10. The summed E-state index contributed by atoms with van der Waals surface area (Å²) in [6, 6.07) is 4.27. The zero-order chi connectivity index (χ0) is 13.1. The van der Waals surface area contributed by atoms with Crippen molar-refractivity contribution in [2.24, 2.45) is 5.92 Å². The van der Waals surface area contributed by atoms with Gasteiger partial charge in [0.2, 0.25) is 5.91 Å². The molecular weight excluding hydrogens is 256 g/mol. The second-order valence-electron chi connectivity index (χ2n) is 4.06. The Bertz CT molecular complexity index is 486. The predicted octanol–water partition coefficient (Wildman–Crippen LogP) is 2.41. The minimum absolute atomic E-state index is 0.0167. The number of carbonyl (C=O) groups excluding carboxylic acids is 2. The van der Waals surface area contributed by atoms with E-state index in [-0.39, 0.29) is 11.8 Å². The van der Waals surface area contributed by atoms with E-state index in [0.717, 1.165) is 12.8 Å². The van der Waals surface area contributed by atoms with E-state index in [1.54, 1.807) is 18.2 Å². The fourth-order valence-electron chi connectivity index (χ4n) is 1.49. The summed E-state index contributed by atoms with van der Waals surface area (Å²) < 4.78 is 5.08. The van der Waals surface area contributed by atoms with Crippen molar-refractivity contribution in [2.45, 2.75) is 12.8 Å². The van der Waals surface area contributed by atoms with Crippen LogP contribution in [0.15, 0.2) is 18.2 Å². The van der Waals surface area contributed by atoms with Crippen LogP contribution in [0.25, 0.3) is 0 Å². The van der Waals surface area contributed by atoms with E-state index in [0.29, 0.717) is 16.5 Å². The number of methoxy groups -OCH3 is 1. The van der Waals surface area contributed by atoms with Crippen LogP contribution in [-0.2, 0) is 4.79 Å². The van der Waals surface area contributed by atoms with Gasteiger partial charge in [-0.15, -0.1) is 0 Å². The summed E-state index contributed by atoms with van der Waals surface area (Å²) in [6.45, 7) is 0. The van der Waals surface area contributed by atoms with Crippen molar-refractivity contribution >= 4 is 29.2 Å². The van der Waals surface area contributed by atoms with Crippen molar-refractivity contribution in [2.75, 3.05) is 12.4 Å². The second-order valence-corrected chi connectivity index (χ2v) is 4.50. The van der Waals surface area contributed by atoms with Crippen LogP contribution in [-0.4, -0.2) is 19.0 Å². The quantitative estimate of drug-likeness (QED) is 0.885. The monoisotopic (exact) mass is 268 g/mol. The Balaban J connectivity index is 2.01. The van der Waals surface area contributed by atoms with Crippen molar-refractivity contribution in [3.63, 3.8) is 0 Å². The summed E-state index contributed by atoms with van der Waals surface area (Å²) in [4.78, 5) is 23.0. The molecule has 0 spiro atoms. The maximum Gasteiger partial charge on any atom is 0.325 e. The molecule has 1 aliphatic rings. The van der Waals surface area contributed by atoms with E-state index in [9.17, 15) is 9.59 Å². The highest BCUT2D eigenvalue weighted by Crippen LogP contribution is 2.29. The highest BCUT2D eigenvalue weighted by atomic mass is 35.5. The van der Waals surface area contributed by atoms with E-state index >= 15 is 0 Å². The number of rotatable bonds is 3. The maximum atomic E-state index is 11.6. The number of amides is 3. The highest BCUT2D eigenvalue weighted by Gasteiger charge is 2.30. The minimum Gasteiger partial charge on any atom is -0.495 e. The Morgan fingerprint density at radius 1 is 1.39 bits per heavy atom. The van der Waals surface area contributed by atoms with Gasteiger partial charge >= 0.3 is 6.03 Å². The Labute approximate surface area is 109 Å². The minimum atomic E-state index is -0.576. The molecule has 1 saturated carbocycles. The summed E-state index contributed by atoms with van der Waals surface area (Å²) in [5, 5.41) is 5.28. The van der Waals surface area contributed by atoms with Crippen molar-refractivity contribution in [3.8, 4) is 5.75 Å². The summed E-state index contributed by atoms with van der Waals surface area (Å²) in [5.74, 6) is 0.221. The fourth-order valence-corrected chi connectivity index (χ4v) is 1.66. The van der Waals surface area contributed by atoms with Crippen LogP contribution in [0.1, 0.15) is 12.8 Å². The van der Waals surface area contributed by atoms with Gasteiger partial charge < -0.3 is 10.1 Å². The Morgan fingerprint density at radius 2 is 2.11 bits per heavy atom. The van der Waals surface area contributed by atoms with Crippen LogP contribution in [0.2, 0.25) is 5.02 Å². The van der Waals surface area contributed by atoms with E-state index in [1.165, 1.54) is 7.11 Å². The lowest BCUT2D eigenvalue weighted by molar-refractivity contribution is -0.121. The van der Waals surface area contributed by atoms with Crippen LogP contribution in [0.4, 0.5) is 10.5 Å². The first kappa shape index (κ1) is 12.7. The Hall–Kier alpha value is -1.75. The molecule has 0 aromatic heterocycles. The summed E-state index contributed by atoms with van der Waals surface area (Å²) in [6.07, 6.45) is 1.69. The average Bonchev–Trinajstić information content (AvgIpc) is 3.12. The zero-order valence-electron chi connectivity index (χ0n) is 9.83. The molecule has 2 rings (SSSR count). The number of urea groups is 1. The van der Waals surface area contributed by atoms with Crippen LogP contribution in [0.3, 0.4) is 0 Å². The number of benzene rings is 1. The molecule has 1 aromatic rings. The SMILES string of the molecule is COc1ccc(Cl)cc1NC(=O)NC(=O)C1CC1. The smallest absolute Gasteiger partial charge is 0.325 e. The molecule has 0 radical (unpaired) electrons. The first-order chi connectivity index (χ1) is 8.60. The van der Waals surface area contributed by atoms with Gasteiger partial charge in [-0.2, -0.15) is 0 Å². The summed E-state index contributed by atoms with van der Waals surface area (Å²) >= 11 is 5.83. The van der Waals surface area contributed by atoms with Crippen molar-refractivity contribution in [1.29, 1.82) is 0 Å². The van der Waals surface area contributed by atoms with Gasteiger partial charge in [-0.05, 0) is 31.0 Å². The molecule has 1 aliphatic carbocycles. The average molecular weight is 269 g/mol. The predicted molar refractivity (Wildman–Crippen MR) is 67.9 cm³/mol. The Kier molecular flexibility index (Phi) is 3.72. The molecule has 3 amide bonds. The molecule has 6 heteroatoms. The number of carbonyl (C=O) groups is 2. The zero-order valence-corrected chi connectivity index (χ0v) is 10.6. The molecule has 0 aliphatic heterocycles. The number of nitrogens with one attached hydrogen (secondary N) is 2. The molecule has 0 heterocycles. The molecule has 96 valence electrons. The van der Waals surface area contributed by atoms with Crippen molar-refractivity contribution in [3.05, 3.63) is 23.2 Å². The van der Waals surface area contributed by atoms with E-state index < -0.39 is 6.03 Å². The number of ether oxygens (including phenoxy) is 1. The van der Waals surface area contributed by atoms with Gasteiger partial charge in [0.05, 0.1) is 12.8 Å². The van der Waals surface area contributed by atoms with Crippen LogP contribution >= 0.6 is 11.6 Å². The van der Waals surface area contributed by atoms with E-state index in [4.69, 9.17) is 16.3 Å². The maximum absolute atomic E-state index is 11.6. The molecule has 0 saturated heterocycles. The number of hydrogen-bond acceptors (Lipinski definition) is 3. The molecule has 5 nitrogen and oxygen atoms in total. The third-order valence-electron chi connectivity index (χ3n) is 2.59. The Morgan fingerprint density at radius 3 is 2.72 bits per heavy atom. The van der Waals surface area contributed by atoms with Crippen LogP contribution in [0.5, 0.6) is 5.75 Å². The fraction of sp³-hybridized carbons (Fsp3) is 0.333. The number of anilines is 1. The molecule has 0 unspecified atom stereocenters. The van der Waals surface area contributed by atoms with Gasteiger partial charge in [-0.3, -0.25) is 10.1 Å². The number of imide groups is 1. The van der Waals surface area contributed by atoms with Gasteiger partial charge in [-0.25, -0.2) is 4.79 Å². The first-order valence-electron chi connectivity index (χ1n) is 5.55. The second kappa shape index (κ2) is 5.27. The third kappa shape index (κ3) is 3.13. The molecule has 0 atom stereocenters. The van der Waals surface area contributed by atoms with E-state index in [2.05, 4.69) is 10.6 Å².